The summed E-state index contributed by atoms with van der Waals surface area (Å²) in [6, 6.07) is 0. The van der Waals surface area contributed by atoms with Crippen molar-refractivity contribution in [1.82, 2.24) is 0 Å². The summed E-state index contributed by atoms with van der Waals surface area (Å²) in [6.07, 6.45) is 1.30. The Hall–Kier alpha value is -0.160. The average molecular weight is 193 g/mol. The van der Waals surface area contributed by atoms with Crippen LogP contribution in [0, 0.1) is 5.92 Å². The van der Waals surface area contributed by atoms with Gasteiger partial charge in [0.1, 0.15) is 0 Å². The summed E-state index contributed by atoms with van der Waals surface area (Å²) in [6.45, 7) is 0. The van der Waals surface area contributed by atoms with Crippen LogP contribution < -0.4 is 5.73 Å². The standard InChI is InChI=1S/C6H11NO2S2/c7-6(10)3-5-1-2-11(8,9)4-5/h5H,1-4H2,(H2,7,10)/t5-/m0/s1. The molecule has 0 aromatic carbocycles. The molecule has 0 spiro atoms. The first kappa shape index (κ1) is 8.93. The fourth-order valence-corrected chi connectivity index (χ4v) is 3.42. The van der Waals surface area contributed by atoms with Crippen molar-refractivity contribution in [3.63, 3.8) is 0 Å². The molecule has 0 saturated carbocycles. The van der Waals surface area contributed by atoms with Crippen molar-refractivity contribution >= 4 is 27.0 Å². The monoisotopic (exact) mass is 193 g/mol. The van der Waals surface area contributed by atoms with E-state index in [4.69, 9.17) is 18.0 Å². The van der Waals surface area contributed by atoms with Crippen LogP contribution in [0.1, 0.15) is 12.8 Å². The number of hydrogen-bond acceptors (Lipinski definition) is 3. The minimum atomic E-state index is -2.76. The lowest BCUT2D eigenvalue weighted by atomic mass is 10.1. The van der Waals surface area contributed by atoms with E-state index in [9.17, 15) is 8.42 Å². The molecule has 2 N–H and O–H groups in total. The summed E-state index contributed by atoms with van der Waals surface area (Å²) in [7, 11) is -2.76. The van der Waals surface area contributed by atoms with E-state index in [0.717, 1.165) is 6.42 Å². The number of nitrogens with two attached hydrogens (primary N) is 1. The highest BCUT2D eigenvalue weighted by atomic mass is 32.2. The number of thiocarbonyl (C=S) groups is 1. The van der Waals surface area contributed by atoms with Crippen LogP contribution >= 0.6 is 12.2 Å². The lowest BCUT2D eigenvalue weighted by molar-refractivity contribution is 0.595. The highest BCUT2D eigenvalue weighted by Crippen LogP contribution is 2.21. The Bertz CT molecular complexity index is 258. The lowest BCUT2D eigenvalue weighted by Crippen LogP contribution is -2.15. The number of sulfone groups is 1. The van der Waals surface area contributed by atoms with Crippen LogP contribution in [0.5, 0.6) is 0 Å². The Labute approximate surface area is 71.9 Å². The molecule has 0 bridgehead atoms. The van der Waals surface area contributed by atoms with Crippen LogP contribution in [-0.4, -0.2) is 24.9 Å². The van der Waals surface area contributed by atoms with Gasteiger partial charge < -0.3 is 5.73 Å². The third-order valence-corrected chi connectivity index (χ3v) is 3.82. The molecule has 5 heteroatoms. The Morgan fingerprint density at radius 1 is 1.64 bits per heavy atom. The highest BCUT2D eigenvalue weighted by molar-refractivity contribution is 7.91. The fraction of sp³-hybridized carbons (Fsp3) is 0.833. The van der Waals surface area contributed by atoms with E-state index in [2.05, 4.69) is 0 Å². The highest BCUT2D eigenvalue weighted by Gasteiger charge is 2.27. The van der Waals surface area contributed by atoms with E-state index >= 15 is 0 Å². The smallest absolute Gasteiger partial charge is 0.150 e. The lowest BCUT2D eigenvalue weighted by Gasteiger charge is -2.03. The van der Waals surface area contributed by atoms with E-state index in [0.29, 0.717) is 17.2 Å². The summed E-state index contributed by atoms with van der Waals surface area (Å²) in [4.78, 5) is 0.423. The first-order valence-corrected chi connectivity index (χ1v) is 5.71. The molecule has 64 valence electrons. The summed E-state index contributed by atoms with van der Waals surface area (Å²) >= 11 is 4.69. The molecule has 0 aromatic rings. The topological polar surface area (TPSA) is 60.2 Å². The zero-order chi connectivity index (χ0) is 8.48. The number of rotatable bonds is 2. The second kappa shape index (κ2) is 3.06. The molecule has 1 aliphatic rings. The Balaban J connectivity index is 2.49. The fourth-order valence-electron chi connectivity index (χ4n) is 1.32. The molecule has 1 rings (SSSR count). The van der Waals surface area contributed by atoms with E-state index in [1.165, 1.54) is 0 Å². The molecular weight excluding hydrogens is 182 g/mol. The van der Waals surface area contributed by atoms with E-state index < -0.39 is 9.84 Å². The van der Waals surface area contributed by atoms with Gasteiger partial charge in [-0.05, 0) is 12.3 Å². The van der Waals surface area contributed by atoms with Crippen LogP contribution in [0.25, 0.3) is 0 Å². The molecule has 11 heavy (non-hydrogen) atoms. The van der Waals surface area contributed by atoms with Gasteiger partial charge in [0, 0.05) is 6.42 Å². The van der Waals surface area contributed by atoms with Gasteiger partial charge in [0.15, 0.2) is 9.84 Å². The SMILES string of the molecule is NC(=S)C[C@@H]1CCS(=O)(=O)C1. The molecule has 0 aliphatic carbocycles. The van der Waals surface area contributed by atoms with E-state index in [-0.39, 0.29) is 11.7 Å². The van der Waals surface area contributed by atoms with Crippen LogP contribution in [-0.2, 0) is 9.84 Å². The molecule has 0 unspecified atom stereocenters. The van der Waals surface area contributed by atoms with Crippen molar-refractivity contribution in [2.24, 2.45) is 11.7 Å². The van der Waals surface area contributed by atoms with Crippen molar-refractivity contribution in [3.05, 3.63) is 0 Å². The largest absolute Gasteiger partial charge is 0.393 e. The first-order valence-electron chi connectivity index (χ1n) is 3.48. The van der Waals surface area contributed by atoms with Gasteiger partial charge in [0.05, 0.1) is 16.5 Å². The maximum absolute atomic E-state index is 10.9. The zero-order valence-electron chi connectivity index (χ0n) is 6.12. The molecule has 1 fully saturated rings. The Morgan fingerprint density at radius 3 is 2.64 bits per heavy atom. The molecule has 0 radical (unpaired) electrons. The zero-order valence-corrected chi connectivity index (χ0v) is 7.75. The van der Waals surface area contributed by atoms with Gasteiger partial charge in [-0.2, -0.15) is 0 Å². The molecule has 1 heterocycles. The summed E-state index contributed by atoms with van der Waals surface area (Å²) in [5.41, 5.74) is 5.30. The molecule has 0 amide bonds. The van der Waals surface area contributed by atoms with Gasteiger partial charge in [-0.15, -0.1) is 0 Å². The van der Waals surface area contributed by atoms with Gasteiger partial charge in [-0.3, -0.25) is 0 Å². The predicted molar refractivity (Wildman–Crippen MR) is 48.2 cm³/mol. The van der Waals surface area contributed by atoms with Crippen molar-refractivity contribution in [1.29, 1.82) is 0 Å². The second-order valence-corrected chi connectivity index (χ2v) is 5.69. The normalized spacial score (nSPS) is 28.5. The molecular formula is C6H11NO2S2. The molecule has 3 nitrogen and oxygen atoms in total. The molecule has 1 aliphatic heterocycles. The molecule has 1 atom stereocenters. The summed E-state index contributed by atoms with van der Waals surface area (Å²) < 4.78 is 21.9. The minimum absolute atomic E-state index is 0.178. The third-order valence-electron chi connectivity index (χ3n) is 1.82. The van der Waals surface area contributed by atoms with Crippen LogP contribution in [0.2, 0.25) is 0 Å². The Morgan fingerprint density at radius 2 is 2.27 bits per heavy atom. The summed E-state index contributed by atoms with van der Waals surface area (Å²) in [5.74, 6) is 0.752. The number of hydrogen-bond donors (Lipinski definition) is 1. The first-order chi connectivity index (χ1) is 4.99. The van der Waals surface area contributed by atoms with Crippen molar-refractivity contribution in [2.75, 3.05) is 11.5 Å². The maximum Gasteiger partial charge on any atom is 0.150 e. The average Bonchev–Trinajstić information content (AvgIpc) is 2.08. The van der Waals surface area contributed by atoms with Crippen molar-refractivity contribution < 1.29 is 8.42 Å². The van der Waals surface area contributed by atoms with Crippen molar-refractivity contribution in [2.45, 2.75) is 12.8 Å². The third kappa shape index (κ3) is 2.75. The quantitative estimate of drug-likeness (QED) is 0.632. The van der Waals surface area contributed by atoms with Gasteiger partial charge in [0.25, 0.3) is 0 Å². The van der Waals surface area contributed by atoms with Gasteiger partial charge >= 0.3 is 0 Å². The van der Waals surface area contributed by atoms with Crippen LogP contribution in [0.3, 0.4) is 0 Å². The maximum atomic E-state index is 10.9. The van der Waals surface area contributed by atoms with Crippen LogP contribution in [0.15, 0.2) is 0 Å². The Kier molecular flexibility index (Phi) is 2.49. The van der Waals surface area contributed by atoms with Gasteiger partial charge in [-0.25, -0.2) is 8.42 Å². The van der Waals surface area contributed by atoms with Crippen molar-refractivity contribution in [3.8, 4) is 0 Å². The molecule has 0 aromatic heterocycles. The summed E-state index contributed by atoms with van der Waals surface area (Å²) in [5, 5.41) is 0. The minimum Gasteiger partial charge on any atom is -0.393 e. The predicted octanol–water partition coefficient (Wildman–Crippen LogP) is 0.0973. The second-order valence-electron chi connectivity index (χ2n) is 2.94. The molecule has 1 saturated heterocycles. The van der Waals surface area contributed by atoms with Gasteiger partial charge in [-0.1, -0.05) is 12.2 Å². The van der Waals surface area contributed by atoms with E-state index in [1.807, 2.05) is 0 Å². The van der Waals surface area contributed by atoms with Crippen LogP contribution in [0.4, 0.5) is 0 Å². The van der Waals surface area contributed by atoms with Gasteiger partial charge in [0.2, 0.25) is 0 Å². The van der Waals surface area contributed by atoms with E-state index in [1.54, 1.807) is 0 Å².